The van der Waals surface area contributed by atoms with Gasteiger partial charge in [-0.2, -0.15) is 0 Å². The average Bonchev–Trinajstić information content (AvgIpc) is 3.28. The summed E-state index contributed by atoms with van der Waals surface area (Å²) in [5.41, 5.74) is 1.68. The Hall–Kier alpha value is -3.46. The third kappa shape index (κ3) is 5.14. The Morgan fingerprint density at radius 1 is 1.15 bits per heavy atom. The van der Waals surface area contributed by atoms with Crippen molar-refractivity contribution in [2.24, 2.45) is 0 Å². The molecule has 4 rings (SSSR count). The van der Waals surface area contributed by atoms with Gasteiger partial charge in [-0.05, 0) is 42.0 Å². The van der Waals surface area contributed by atoms with Crippen molar-refractivity contribution in [3.8, 4) is 5.75 Å². The lowest BCUT2D eigenvalue weighted by molar-refractivity contribution is 0.0593. The highest BCUT2D eigenvalue weighted by Crippen LogP contribution is 2.25. The molecule has 0 saturated heterocycles. The number of ether oxygens (including phenoxy) is 2. The highest BCUT2D eigenvalue weighted by molar-refractivity contribution is 7.12. The predicted molar refractivity (Wildman–Crippen MR) is 124 cm³/mol. The Morgan fingerprint density at radius 2 is 1.97 bits per heavy atom. The maximum Gasteiger partial charge on any atom is 0.343 e. The standard InChI is InChI=1S/C24H25N3O5S/c1-31-24(30)22-18-8-11-26(23(29)20-5-3-15-33-20)12-13-27(18)21(28)16-19(22)32-14-2-4-17-6-9-25-10-7-17/h3,5-7,9-10,15-16H,2,4,8,11-14H2,1H3. The zero-order valence-electron chi connectivity index (χ0n) is 18.4. The van der Waals surface area contributed by atoms with Crippen LogP contribution in [-0.2, 0) is 24.1 Å². The third-order valence-electron chi connectivity index (χ3n) is 5.62. The lowest BCUT2D eigenvalue weighted by Gasteiger charge is -2.18. The second-order valence-electron chi connectivity index (χ2n) is 7.64. The van der Waals surface area contributed by atoms with E-state index in [2.05, 4.69) is 4.98 Å². The van der Waals surface area contributed by atoms with E-state index in [0.29, 0.717) is 49.7 Å². The van der Waals surface area contributed by atoms with Gasteiger partial charge in [0.05, 0.1) is 18.6 Å². The Labute approximate surface area is 195 Å². The molecule has 0 radical (unpaired) electrons. The number of hydrogen-bond acceptors (Lipinski definition) is 7. The summed E-state index contributed by atoms with van der Waals surface area (Å²) < 4.78 is 12.5. The maximum absolute atomic E-state index is 12.9. The van der Waals surface area contributed by atoms with E-state index < -0.39 is 5.97 Å². The van der Waals surface area contributed by atoms with E-state index in [9.17, 15) is 14.4 Å². The first kappa shape index (κ1) is 22.7. The van der Waals surface area contributed by atoms with Crippen LogP contribution in [0.5, 0.6) is 5.75 Å². The van der Waals surface area contributed by atoms with Gasteiger partial charge in [0.2, 0.25) is 0 Å². The summed E-state index contributed by atoms with van der Waals surface area (Å²) in [6.07, 6.45) is 5.34. The number of methoxy groups -OCH3 is 1. The highest BCUT2D eigenvalue weighted by atomic mass is 32.1. The van der Waals surface area contributed by atoms with Crippen LogP contribution in [0.15, 0.2) is 52.9 Å². The molecule has 0 spiro atoms. The summed E-state index contributed by atoms with van der Waals surface area (Å²) in [7, 11) is 1.31. The van der Waals surface area contributed by atoms with E-state index in [4.69, 9.17) is 9.47 Å². The van der Waals surface area contributed by atoms with Gasteiger partial charge >= 0.3 is 5.97 Å². The van der Waals surface area contributed by atoms with Crippen molar-refractivity contribution in [2.45, 2.75) is 25.8 Å². The number of pyridine rings is 2. The first-order chi connectivity index (χ1) is 16.1. The van der Waals surface area contributed by atoms with Crippen LogP contribution in [0.1, 0.15) is 37.7 Å². The van der Waals surface area contributed by atoms with Crippen molar-refractivity contribution in [3.63, 3.8) is 0 Å². The molecular formula is C24H25N3O5S. The van der Waals surface area contributed by atoms with E-state index in [0.717, 1.165) is 12.0 Å². The normalized spacial score (nSPS) is 13.2. The minimum atomic E-state index is -0.555. The van der Waals surface area contributed by atoms with E-state index in [1.165, 1.54) is 24.5 Å². The highest BCUT2D eigenvalue weighted by Gasteiger charge is 2.27. The van der Waals surface area contributed by atoms with Gasteiger partial charge in [-0.25, -0.2) is 4.79 Å². The van der Waals surface area contributed by atoms with E-state index >= 15 is 0 Å². The summed E-state index contributed by atoms with van der Waals surface area (Å²) >= 11 is 1.38. The molecule has 0 aromatic carbocycles. The van der Waals surface area contributed by atoms with Gasteiger partial charge in [0, 0.05) is 50.2 Å². The summed E-state index contributed by atoms with van der Waals surface area (Å²) in [5, 5.41) is 1.86. The molecular weight excluding hydrogens is 442 g/mol. The molecule has 8 nitrogen and oxygen atoms in total. The Kier molecular flexibility index (Phi) is 7.19. The minimum absolute atomic E-state index is 0.0712. The van der Waals surface area contributed by atoms with E-state index in [1.54, 1.807) is 27.9 Å². The Bertz CT molecular complexity index is 1170. The number of aryl methyl sites for hydroxylation is 1. The smallest absolute Gasteiger partial charge is 0.343 e. The molecule has 0 unspecified atom stereocenters. The molecule has 9 heteroatoms. The number of thiophene rings is 1. The van der Waals surface area contributed by atoms with Crippen LogP contribution in [0.25, 0.3) is 0 Å². The fraction of sp³-hybridized carbons (Fsp3) is 0.333. The van der Waals surface area contributed by atoms with Gasteiger partial charge in [0.1, 0.15) is 11.3 Å². The molecule has 1 aliphatic heterocycles. The number of fused-ring (bicyclic) bond motifs is 1. The molecule has 3 aromatic heterocycles. The quantitative estimate of drug-likeness (QED) is 0.392. The van der Waals surface area contributed by atoms with Gasteiger partial charge in [0.25, 0.3) is 11.5 Å². The first-order valence-electron chi connectivity index (χ1n) is 10.8. The topological polar surface area (TPSA) is 90.7 Å². The number of amides is 1. The number of nitrogens with zero attached hydrogens (tertiary/aromatic N) is 3. The zero-order valence-corrected chi connectivity index (χ0v) is 19.2. The van der Waals surface area contributed by atoms with Crippen LogP contribution >= 0.6 is 11.3 Å². The second kappa shape index (κ2) is 10.4. The van der Waals surface area contributed by atoms with Crippen molar-refractivity contribution < 1.29 is 19.1 Å². The van der Waals surface area contributed by atoms with Gasteiger partial charge < -0.3 is 18.9 Å². The third-order valence-corrected chi connectivity index (χ3v) is 6.48. The molecule has 0 fully saturated rings. The summed E-state index contributed by atoms with van der Waals surface area (Å²) in [6, 6.07) is 8.85. The molecule has 1 amide bonds. The van der Waals surface area contributed by atoms with Gasteiger partial charge in [-0.3, -0.25) is 14.6 Å². The zero-order chi connectivity index (χ0) is 23.2. The summed E-state index contributed by atoms with van der Waals surface area (Å²) in [6.45, 7) is 1.43. The lowest BCUT2D eigenvalue weighted by Crippen LogP contribution is -2.33. The molecule has 0 aliphatic carbocycles. The number of carbonyl (C=O) groups is 2. The molecule has 0 bridgehead atoms. The second-order valence-corrected chi connectivity index (χ2v) is 8.59. The van der Waals surface area contributed by atoms with Crippen molar-refractivity contribution in [3.05, 3.63) is 80.2 Å². The van der Waals surface area contributed by atoms with Crippen LogP contribution < -0.4 is 10.3 Å². The molecule has 33 heavy (non-hydrogen) atoms. The first-order valence-corrected chi connectivity index (χ1v) is 11.7. The van der Waals surface area contributed by atoms with Gasteiger partial charge in [0.15, 0.2) is 0 Å². The van der Waals surface area contributed by atoms with Crippen LogP contribution in [0, 0.1) is 0 Å². The van der Waals surface area contributed by atoms with Crippen LogP contribution in [-0.4, -0.2) is 53.1 Å². The molecule has 0 N–H and O–H groups in total. The van der Waals surface area contributed by atoms with E-state index in [1.807, 2.05) is 23.6 Å². The Morgan fingerprint density at radius 3 is 2.70 bits per heavy atom. The monoisotopic (exact) mass is 467 g/mol. The van der Waals surface area contributed by atoms with Gasteiger partial charge in [-0.15, -0.1) is 11.3 Å². The molecule has 0 saturated carbocycles. The fourth-order valence-corrected chi connectivity index (χ4v) is 4.64. The fourth-order valence-electron chi connectivity index (χ4n) is 3.95. The number of hydrogen-bond donors (Lipinski definition) is 0. The largest absolute Gasteiger partial charge is 0.492 e. The maximum atomic E-state index is 12.9. The number of rotatable bonds is 7. The van der Waals surface area contributed by atoms with Crippen LogP contribution in [0.2, 0.25) is 0 Å². The summed E-state index contributed by atoms with van der Waals surface area (Å²) in [5.74, 6) is -0.398. The molecule has 0 atom stereocenters. The Balaban J connectivity index is 1.54. The number of esters is 1. The van der Waals surface area contributed by atoms with Crippen LogP contribution in [0.3, 0.4) is 0 Å². The van der Waals surface area contributed by atoms with E-state index in [-0.39, 0.29) is 22.8 Å². The molecule has 172 valence electrons. The number of carbonyl (C=O) groups excluding carboxylic acids is 2. The molecule has 3 aromatic rings. The van der Waals surface area contributed by atoms with Crippen LogP contribution in [0.4, 0.5) is 0 Å². The van der Waals surface area contributed by atoms with Crippen molar-refractivity contribution in [1.29, 1.82) is 0 Å². The average molecular weight is 468 g/mol. The van der Waals surface area contributed by atoms with Crippen molar-refractivity contribution >= 4 is 23.2 Å². The number of aromatic nitrogens is 2. The SMILES string of the molecule is COC(=O)c1c(OCCCc2ccncc2)cc(=O)n2c1CCN(C(=O)c1cccs1)CC2. The van der Waals surface area contributed by atoms with Gasteiger partial charge in [-0.1, -0.05) is 6.07 Å². The molecule has 4 heterocycles. The van der Waals surface area contributed by atoms with Crippen molar-refractivity contribution in [1.82, 2.24) is 14.5 Å². The predicted octanol–water partition coefficient (Wildman–Crippen LogP) is 2.80. The summed E-state index contributed by atoms with van der Waals surface area (Å²) in [4.78, 5) is 44.8. The minimum Gasteiger partial charge on any atom is -0.492 e. The van der Waals surface area contributed by atoms with Crippen molar-refractivity contribution in [2.75, 3.05) is 26.8 Å². The molecule has 1 aliphatic rings. The lowest BCUT2D eigenvalue weighted by atomic mass is 10.1.